The maximum absolute atomic E-state index is 13.1. The van der Waals surface area contributed by atoms with Gasteiger partial charge in [0.15, 0.2) is 0 Å². The van der Waals surface area contributed by atoms with Gasteiger partial charge in [-0.2, -0.15) is 4.39 Å². The average Bonchev–Trinajstić information content (AvgIpc) is 2.39. The molecular formula is C14H14ClFN2O. The maximum atomic E-state index is 13.1. The number of halogens is 2. The summed E-state index contributed by atoms with van der Waals surface area (Å²) in [5, 5.41) is 0.636. The molecule has 0 spiro atoms. The maximum Gasteiger partial charge on any atom is 0.214 e. The number of nitrogens with zero attached hydrogens (tertiary/aromatic N) is 2. The first-order valence-corrected chi connectivity index (χ1v) is 6.14. The van der Waals surface area contributed by atoms with Gasteiger partial charge in [0.1, 0.15) is 11.6 Å². The molecule has 0 aliphatic carbocycles. The van der Waals surface area contributed by atoms with Crippen LogP contribution in [0.5, 0.6) is 5.75 Å². The van der Waals surface area contributed by atoms with E-state index in [1.165, 1.54) is 6.07 Å². The Kier molecular flexibility index (Phi) is 4.22. The predicted molar refractivity (Wildman–Crippen MR) is 74.3 cm³/mol. The van der Waals surface area contributed by atoms with Gasteiger partial charge in [-0.05, 0) is 30.3 Å². The molecule has 0 atom stereocenters. The molecule has 0 N–H and O–H groups in total. The van der Waals surface area contributed by atoms with Gasteiger partial charge in [-0.3, -0.25) is 0 Å². The van der Waals surface area contributed by atoms with Crippen LogP contribution in [0.1, 0.15) is 5.56 Å². The van der Waals surface area contributed by atoms with Crippen molar-refractivity contribution in [3.63, 3.8) is 0 Å². The van der Waals surface area contributed by atoms with Crippen molar-refractivity contribution in [3.05, 3.63) is 52.9 Å². The monoisotopic (exact) mass is 280 g/mol. The Labute approximate surface area is 116 Å². The summed E-state index contributed by atoms with van der Waals surface area (Å²) in [5.74, 6) is 0.803. The van der Waals surface area contributed by atoms with Crippen LogP contribution in [-0.4, -0.2) is 19.1 Å². The summed E-state index contributed by atoms with van der Waals surface area (Å²) < 4.78 is 18.4. The number of pyridine rings is 1. The van der Waals surface area contributed by atoms with Gasteiger partial charge in [0.25, 0.3) is 0 Å². The zero-order valence-electron chi connectivity index (χ0n) is 10.7. The Bertz CT molecular complexity index is 577. The molecule has 0 bridgehead atoms. The van der Waals surface area contributed by atoms with E-state index in [1.54, 1.807) is 25.3 Å². The van der Waals surface area contributed by atoms with E-state index in [2.05, 4.69) is 4.98 Å². The van der Waals surface area contributed by atoms with Crippen molar-refractivity contribution in [1.82, 2.24) is 4.98 Å². The van der Waals surface area contributed by atoms with E-state index < -0.39 is 5.95 Å². The third-order valence-corrected chi connectivity index (χ3v) is 2.98. The number of hydrogen-bond donors (Lipinski definition) is 0. The standard InChI is InChI=1S/C14H14ClFN2O/c1-18(14-5-3-4-13(16)17-14)9-10-8-11(15)6-7-12(10)19-2/h3-8H,9H2,1-2H3. The van der Waals surface area contributed by atoms with Gasteiger partial charge in [0.2, 0.25) is 5.95 Å². The minimum Gasteiger partial charge on any atom is -0.496 e. The van der Waals surface area contributed by atoms with Crippen LogP contribution in [0.3, 0.4) is 0 Å². The van der Waals surface area contributed by atoms with Crippen molar-refractivity contribution in [2.24, 2.45) is 0 Å². The molecule has 1 heterocycles. The molecule has 0 saturated heterocycles. The quantitative estimate of drug-likeness (QED) is 0.801. The minimum atomic E-state index is -0.498. The summed E-state index contributed by atoms with van der Waals surface area (Å²) in [6.45, 7) is 0.528. The molecule has 0 unspecified atom stereocenters. The van der Waals surface area contributed by atoms with Crippen LogP contribution in [0.25, 0.3) is 0 Å². The van der Waals surface area contributed by atoms with Gasteiger partial charge in [0.05, 0.1) is 7.11 Å². The Hall–Kier alpha value is -1.81. The van der Waals surface area contributed by atoms with Crippen molar-refractivity contribution in [1.29, 1.82) is 0 Å². The molecule has 0 fully saturated rings. The molecule has 0 radical (unpaired) electrons. The molecule has 1 aromatic heterocycles. The van der Waals surface area contributed by atoms with Crippen LogP contribution in [0.15, 0.2) is 36.4 Å². The topological polar surface area (TPSA) is 25.4 Å². The summed E-state index contributed by atoms with van der Waals surface area (Å²) in [4.78, 5) is 5.66. The molecule has 0 amide bonds. The van der Waals surface area contributed by atoms with Crippen LogP contribution in [0.2, 0.25) is 5.02 Å². The highest BCUT2D eigenvalue weighted by atomic mass is 35.5. The first kappa shape index (κ1) is 13.6. The lowest BCUT2D eigenvalue weighted by Gasteiger charge is -2.19. The smallest absolute Gasteiger partial charge is 0.214 e. The van der Waals surface area contributed by atoms with Crippen LogP contribution in [0, 0.1) is 5.95 Å². The molecule has 2 rings (SSSR count). The molecule has 2 aromatic rings. The Morgan fingerprint density at radius 1 is 1.32 bits per heavy atom. The second-order valence-corrected chi connectivity index (χ2v) is 4.57. The van der Waals surface area contributed by atoms with E-state index in [4.69, 9.17) is 16.3 Å². The second-order valence-electron chi connectivity index (χ2n) is 4.13. The molecule has 0 saturated carbocycles. The molecule has 100 valence electrons. The fraction of sp³-hybridized carbons (Fsp3) is 0.214. The summed E-state index contributed by atoms with van der Waals surface area (Å²) in [6.07, 6.45) is 0. The predicted octanol–water partition coefficient (Wildman–Crippen LogP) is 3.52. The van der Waals surface area contributed by atoms with E-state index >= 15 is 0 Å². The highest BCUT2D eigenvalue weighted by Gasteiger charge is 2.09. The number of anilines is 1. The van der Waals surface area contributed by atoms with Gasteiger partial charge in [-0.15, -0.1) is 0 Å². The second kappa shape index (κ2) is 5.89. The number of hydrogen-bond acceptors (Lipinski definition) is 3. The molecular weight excluding hydrogens is 267 g/mol. The lowest BCUT2D eigenvalue weighted by atomic mass is 10.2. The van der Waals surface area contributed by atoms with Crippen LogP contribution >= 0.6 is 11.6 Å². The van der Waals surface area contributed by atoms with Crippen molar-refractivity contribution in [2.45, 2.75) is 6.54 Å². The van der Waals surface area contributed by atoms with Crippen molar-refractivity contribution >= 4 is 17.4 Å². The van der Waals surface area contributed by atoms with Gasteiger partial charge in [0, 0.05) is 24.2 Å². The number of rotatable bonds is 4. The van der Waals surface area contributed by atoms with E-state index in [9.17, 15) is 4.39 Å². The lowest BCUT2D eigenvalue weighted by molar-refractivity contribution is 0.409. The number of ether oxygens (including phenoxy) is 1. The largest absolute Gasteiger partial charge is 0.496 e. The third kappa shape index (κ3) is 3.35. The fourth-order valence-electron chi connectivity index (χ4n) is 1.82. The molecule has 3 nitrogen and oxygen atoms in total. The van der Waals surface area contributed by atoms with Crippen molar-refractivity contribution in [3.8, 4) is 5.75 Å². The minimum absolute atomic E-state index is 0.498. The van der Waals surface area contributed by atoms with Gasteiger partial charge in [-0.25, -0.2) is 4.98 Å². The van der Waals surface area contributed by atoms with Crippen molar-refractivity contribution < 1.29 is 9.13 Å². The van der Waals surface area contributed by atoms with Crippen LogP contribution in [-0.2, 0) is 6.54 Å². The van der Waals surface area contributed by atoms with E-state index in [-0.39, 0.29) is 0 Å². The SMILES string of the molecule is COc1ccc(Cl)cc1CN(C)c1cccc(F)n1. The first-order chi connectivity index (χ1) is 9.10. The van der Waals surface area contributed by atoms with Crippen molar-refractivity contribution in [2.75, 3.05) is 19.1 Å². The van der Waals surface area contributed by atoms with Gasteiger partial charge in [-0.1, -0.05) is 17.7 Å². The summed E-state index contributed by atoms with van der Waals surface area (Å²) >= 11 is 5.98. The zero-order chi connectivity index (χ0) is 13.8. The summed E-state index contributed by atoms with van der Waals surface area (Å²) in [6, 6.07) is 10.1. The molecule has 0 aliphatic heterocycles. The molecule has 5 heteroatoms. The summed E-state index contributed by atoms with van der Waals surface area (Å²) in [5.41, 5.74) is 0.920. The highest BCUT2D eigenvalue weighted by molar-refractivity contribution is 6.30. The number of aromatic nitrogens is 1. The Morgan fingerprint density at radius 2 is 2.11 bits per heavy atom. The number of methoxy groups -OCH3 is 1. The lowest BCUT2D eigenvalue weighted by Crippen LogP contribution is -2.18. The first-order valence-electron chi connectivity index (χ1n) is 5.76. The number of benzene rings is 1. The van der Waals surface area contributed by atoms with E-state index in [0.717, 1.165) is 11.3 Å². The Balaban J connectivity index is 2.23. The van der Waals surface area contributed by atoms with Gasteiger partial charge >= 0.3 is 0 Å². The van der Waals surface area contributed by atoms with E-state index in [0.29, 0.717) is 17.4 Å². The zero-order valence-corrected chi connectivity index (χ0v) is 11.5. The average molecular weight is 281 g/mol. The molecule has 1 aromatic carbocycles. The fourth-order valence-corrected chi connectivity index (χ4v) is 2.01. The molecule has 0 aliphatic rings. The Morgan fingerprint density at radius 3 is 2.79 bits per heavy atom. The normalized spacial score (nSPS) is 10.3. The van der Waals surface area contributed by atoms with Crippen LogP contribution in [0.4, 0.5) is 10.2 Å². The van der Waals surface area contributed by atoms with E-state index in [1.807, 2.05) is 24.1 Å². The third-order valence-electron chi connectivity index (χ3n) is 2.74. The van der Waals surface area contributed by atoms with Gasteiger partial charge < -0.3 is 9.64 Å². The summed E-state index contributed by atoms with van der Waals surface area (Å²) in [7, 11) is 3.44. The molecule has 19 heavy (non-hydrogen) atoms. The van der Waals surface area contributed by atoms with Crippen LogP contribution < -0.4 is 9.64 Å². The highest BCUT2D eigenvalue weighted by Crippen LogP contribution is 2.25.